The molecule has 0 saturated carbocycles. The largest absolute Gasteiger partial charge is 0.497 e. The molecule has 0 aromatic heterocycles. The zero-order chi connectivity index (χ0) is 23.8. The van der Waals surface area contributed by atoms with Crippen LogP contribution in [0, 0.1) is 0 Å². The molecule has 0 heterocycles. The van der Waals surface area contributed by atoms with Crippen LogP contribution in [0.4, 0.5) is 0 Å². The normalized spacial score (nSPS) is 13.5. The van der Waals surface area contributed by atoms with Gasteiger partial charge in [-0.05, 0) is 62.0 Å². The number of rotatable bonds is 11. The van der Waals surface area contributed by atoms with Crippen molar-refractivity contribution < 1.29 is 18.9 Å². The molecule has 0 bridgehead atoms. The highest BCUT2D eigenvalue weighted by atomic mass is 16.5. The van der Waals surface area contributed by atoms with Crippen LogP contribution in [0.5, 0.6) is 11.5 Å². The van der Waals surface area contributed by atoms with Crippen molar-refractivity contribution in [2.45, 2.75) is 24.7 Å². The number of benzene rings is 3. The van der Waals surface area contributed by atoms with Gasteiger partial charge in [-0.2, -0.15) is 0 Å². The Morgan fingerprint density at radius 3 is 1.55 bits per heavy atom. The van der Waals surface area contributed by atoms with Crippen LogP contribution in [0.25, 0.3) is 0 Å². The van der Waals surface area contributed by atoms with Gasteiger partial charge in [0.05, 0.1) is 33.0 Å². The molecule has 0 aliphatic carbocycles. The Balaban J connectivity index is 2.19. The van der Waals surface area contributed by atoms with Crippen LogP contribution in [0.2, 0.25) is 0 Å². The third kappa shape index (κ3) is 5.38. The van der Waals surface area contributed by atoms with Crippen molar-refractivity contribution in [1.29, 1.82) is 0 Å². The molecule has 176 valence electrons. The van der Waals surface area contributed by atoms with E-state index in [0.717, 1.165) is 28.2 Å². The minimum absolute atomic E-state index is 0.000193. The molecular weight excluding hydrogens is 414 g/mol. The monoisotopic (exact) mass is 449 g/mol. The lowest BCUT2D eigenvalue weighted by atomic mass is 9.80. The Kier molecular flexibility index (Phi) is 8.50. The van der Waals surface area contributed by atoms with Crippen molar-refractivity contribution in [3.63, 3.8) is 0 Å². The molecular formula is C28H35NO4. The summed E-state index contributed by atoms with van der Waals surface area (Å²) in [5, 5.41) is 0. The molecule has 0 radical (unpaired) electrons. The van der Waals surface area contributed by atoms with Gasteiger partial charge >= 0.3 is 0 Å². The summed E-state index contributed by atoms with van der Waals surface area (Å²) in [6.45, 7) is 2.54. The topological polar surface area (TPSA) is 40.2 Å². The minimum Gasteiger partial charge on any atom is -0.497 e. The van der Waals surface area contributed by atoms with Crippen molar-refractivity contribution >= 4 is 0 Å². The van der Waals surface area contributed by atoms with E-state index < -0.39 is 5.60 Å². The number of hydrogen-bond acceptors (Lipinski definition) is 5. The molecule has 0 amide bonds. The van der Waals surface area contributed by atoms with Crippen molar-refractivity contribution in [1.82, 2.24) is 4.90 Å². The van der Waals surface area contributed by atoms with Gasteiger partial charge in [0.1, 0.15) is 17.1 Å². The molecule has 5 heteroatoms. The first-order valence-corrected chi connectivity index (χ1v) is 11.1. The van der Waals surface area contributed by atoms with Crippen LogP contribution in [-0.2, 0) is 15.1 Å². The molecule has 0 fully saturated rings. The first-order chi connectivity index (χ1) is 16.0. The molecule has 3 aromatic rings. The van der Waals surface area contributed by atoms with Gasteiger partial charge in [0.15, 0.2) is 0 Å². The van der Waals surface area contributed by atoms with E-state index in [0.29, 0.717) is 6.61 Å². The van der Waals surface area contributed by atoms with Crippen molar-refractivity contribution in [2.24, 2.45) is 0 Å². The summed E-state index contributed by atoms with van der Waals surface area (Å²) in [6.07, 6.45) is 0.000193. The summed E-state index contributed by atoms with van der Waals surface area (Å²) >= 11 is 0. The fourth-order valence-electron chi connectivity index (χ4n) is 4.15. The molecule has 3 rings (SSSR count). The summed E-state index contributed by atoms with van der Waals surface area (Å²) in [5.41, 5.74) is 2.24. The van der Waals surface area contributed by atoms with Crippen LogP contribution in [0.3, 0.4) is 0 Å². The van der Waals surface area contributed by atoms with Crippen LogP contribution >= 0.6 is 0 Å². The van der Waals surface area contributed by atoms with Crippen LogP contribution in [0.1, 0.15) is 23.6 Å². The van der Waals surface area contributed by atoms with E-state index >= 15 is 0 Å². The third-order valence-corrected chi connectivity index (χ3v) is 6.22. The zero-order valence-electron chi connectivity index (χ0n) is 20.4. The van der Waals surface area contributed by atoms with Gasteiger partial charge in [-0.25, -0.2) is 0 Å². The summed E-state index contributed by atoms with van der Waals surface area (Å²) < 4.78 is 23.5. The molecule has 5 nitrogen and oxygen atoms in total. The third-order valence-electron chi connectivity index (χ3n) is 6.22. The predicted molar refractivity (Wildman–Crippen MR) is 132 cm³/mol. The van der Waals surface area contributed by atoms with Gasteiger partial charge < -0.3 is 23.8 Å². The SMILES string of the molecule is COc1ccc(C(OCC(C(C)OC)N(C)C)(c2ccccc2)c2ccc(OC)cc2)cc1. The van der Waals surface area contributed by atoms with Crippen LogP contribution < -0.4 is 9.47 Å². The average Bonchev–Trinajstić information content (AvgIpc) is 2.87. The lowest BCUT2D eigenvalue weighted by molar-refractivity contribution is -0.0525. The summed E-state index contributed by atoms with van der Waals surface area (Å²) in [6, 6.07) is 26.6. The second-order valence-electron chi connectivity index (χ2n) is 8.29. The van der Waals surface area contributed by atoms with Crippen molar-refractivity contribution in [3.8, 4) is 11.5 Å². The Morgan fingerprint density at radius 2 is 1.15 bits per heavy atom. The molecule has 2 unspecified atom stereocenters. The maximum absolute atomic E-state index is 6.98. The van der Waals surface area contributed by atoms with E-state index in [4.69, 9.17) is 18.9 Å². The Morgan fingerprint density at radius 1 is 0.697 bits per heavy atom. The molecule has 0 N–H and O–H groups in total. The molecule has 0 aliphatic rings. The lowest BCUT2D eigenvalue weighted by Gasteiger charge is -2.39. The fraction of sp³-hybridized carbons (Fsp3) is 0.357. The van der Waals surface area contributed by atoms with E-state index in [1.807, 2.05) is 42.5 Å². The van der Waals surface area contributed by atoms with E-state index in [1.54, 1.807) is 21.3 Å². The maximum atomic E-state index is 6.98. The molecule has 33 heavy (non-hydrogen) atoms. The summed E-state index contributed by atoms with van der Waals surface area (Å²) in [4.78, 5) is 2.14. The molecule has 3 aromatic carbocycles. The van der Waals surface area contributed by atoms with E-state index in [9.17, 15) is 0 Å². The van der Waals surface area contributed by atoms with Gasteiger partial charge in [0.25, 0.3) is 0 Å². The molecule has 0 saturated heterocycles. The highest BCUT2D eigenvalue weighted by Crippen LogP contribution is 2.42. The van der Waals surface area contributed by atoms with Crippen molar-refractivity contribution in [2.75, 3.05) is 42.0 Å². The van der Waals surface area contributed by atoms with Gasteiger partial charge in [-0.1, -0.05) is 54.6 Å². The average molecular weight is 450 g/mol. The van der Waals surface area contributed by atoms with E-state index in [2.05, 4.69) is 62.3 Å². The standard InChI is InChI=1S/C28H35NO4/c1-21(30-4)27(29(2)3)20-33-28(22-10-8-7-9-11-22,23-12-16-25(31-5)17-13-23)24-14-18-26(32-6)19-15-24/h7-19,21,27H,20H2,1-6H3. The second kappa shape index (κ2) is 11.3. The molecule has 0 aliphatic heterocycles. The predicted octanol–water partition coefficient (Wildman–Crippen LogP) is 4.98. The number of methoxy groups -OCH3 is 3. The second-order valence-corrected chi connectivity index (χ2v) is 8.29. The Bertz CT molecular complexity index is 924. The van der Waals surface area contributed by atoms with Gasteiger partial charge in [0.2, 0.25) is 0 Å². The van der Waals surface area contributed by atoms with Gasteiger partial charge in [0, 0.05) is 7.11 Å². The van der Waals surface area contributed by atoms with E-state index in [1.165, 1.54) is 0 Å². The summed E-state index contributed by atoms with van der Waals surface area (Å²) in [5.74, 6) is 1.60. The maximum Gasteiger partial charge on any atom is 0.143 e. The Hall–Kier alpha value is -2.86. The first-order valence-electron chi connectivity index (χ1n) is 11.1. The smallest absolute Gasteiger partial charge is 0.143 e. The fourth-order valence-corrected chi connectivity index (χ4v) is 4.15. The van der Waals surface area contributed by atoms with Gasteiger partial charge in [-0.15, -0.1) is 0 Å². The van der Waals surface area contributed by atoms with Crippen molar-refractivity contribution in [3.05, 3.63) is 95.6 Å². The lowest BCUT2D eigenvalue weighted by Crippen LogP contribution is -2.45. The highest BCUT2D eigenvalue weighted by molar-refractivity contribution is 5.49. The Labute approximate surface area is 197 Å². The summed E-state index contributed by atoms with van der Waals surface area (Å²) in [7, 11) is 9.18. The number of likely N-dealkylation sites (N-methyl/N-ethyl adjacent to an activating group) is 1. The minimum atomic E-state index is -0.832. The van der Waals surface area contributed by atoms with Crippen LogP contribution in [-0.4, -0.2) is 59.1 Å². The highest BCUT2D eigenvalue weighted by Gasteiger charge is 2.39. The zero-order valence-corrected chi connectivity index (χ0v) is 20.4. The first kappa shape index (κ1) is 24.8. The van der Waals surface area contributed by atoms with Gasteiger partial charge in [-0.3, -0.25) is 0 Å². The number of ether oxygens (including phenoxy) is 4. The number of nitrogens with zero attached hydrogens (tertiary/aromatic N) is 1. The van der Waals surface area contributed by atoms with Crippen LogP contribution in [0.15, 0.2) is 78.9 Å². The molecule has 2 atom stereocenters. The quantitative estimate of drug-likeness (QED) is 0.386. The van der Waals surface area contributed by atoms with E-state index in [-0.39, 0.29) is 12.1 Å². The molecule has 0 spiro atoms. The number of hydrogen-bond donors (Lipinski definition) is 0.